The van der Waals surface area contributed by atoms with Crippen molar-refractivity contribution >= 4 is 46.0 Å². The summed E-state index contributed by atoms with van der Waals surface area (Å²) in [4.78, 5) is 32.0. The largest absolute Gasteiger partial charge is 0.487 e. The Morgan fingerprint density at radius 3 is 2.59 bits per heavy atom. The van der Waals surface area contributed by atoms with Crippen LogP contribution in [-0.4, -0.2) is 32.9 Å². The van der Waals surface area contributed by atoms with E-state index in [2.05, 4.69) is 20.6 Å². The van der Waals surface area contributed by atoms with Crippen molar-refractivity contribution in [1.29, 1.82) is 0 Å². The van der Waals surface area contributed by atoms with Gasteiger partial charge < -0.3 is 25.7 Å². The molecule has 0 saturated carbocycles. The zero-order valence-electron chi connectivity index (χ0n) is 21.8. The Kier molecular flexibility index (Phi) is 8.40. The van der Waals surface area contributed by atoms with Crippen LogP contribution >= 0.6 is 11.6 Å². The molecule has 0 saturated heterocycles. The number of primary amides is 1. The van der Waals surface area contributed by atoms with Crippen molar-refractivity contribution in [1.82, 2.24) is 19.9 Å². The zero-order chi connectivity index (χ0) is 28.8. The van der Waals surface area contributed by atoms with Crippen molar-refractivity contribution in [2.45, 2.75) is 19.6 Å². The second-order valence-electron chi connectivity index (χ2n) is 9.26. The zero-order valence-corrected chi connectivity index (χ0v) is 22.6. The molecule has 2 aromatic heterocycles. The predicted octanol–water partition coefficient (Wildman–Crippen LogP) is 5.20. The molecule has 0 fully saturated rings. The number of amides is 2. The highest BCUT2D eigenvalue weighted by Crippen LogP contribution is 2.31. The summed E-state index contributed by atoms with van der Waals surface area (Å²) in [5.41, 5.74) is 9.52. The van der Waals surface area contributed by atoms with E-state index in [1.807, 2.05) is 35.0 Å². The van der Waals surface area contributed by atoms with Crippen molar-refractivity contribution in [2.75, 3.05) is 11.9 Å². The molecule has 0 aliphatic carbocycles. The molecule has 5 rings (SSSR count). The molecule has 208 valence electrons. The van der Waals surface area contributed by atoms with Gasteiger partial charge in [-0.05, 0) is 59.7 Å². The number of anilines is 2. The van der Waals surface area contributed by atoms with E-state index < -0.39 is 5.91 Å². The average Bonchev–Trinajstić information content (AvgIpc) is 3.36. The summed E-state index contributed by atoms with van der Waals surface area (Å²) in [6.07, 6.45) is 3.49. The molecule has 9 nitrogen and oxygen atoms in total. The van der Waals surface area contributed by atoms with Gasteiger partial charge in [-0.15, -0.1) is 0 Å². The Morgan fingerprint density at radius 2 is 1.83 bits per heavy atom. The van der Waals surface area contributed by atoms with E-state index in [0.717, 1.165) is 16.6 Å². The second kappa shape index (κ2) is 12.5. The van der Waals surface area contributed by atoms with E-state index in [-0.39, 0.29) is 31.3 Å². The minimum absolute atomic E-state index is 0.0870. The number of nitrogens with two attached hydrogens (primary N) is 1. The molecule has 2 heterocycles. The molecule has 41 heavy (non-hydrogen) atoms. The Balaban J connectivity index is 1.28. The van der Waals surface area contributed by atoms with Crippen molar-refractivity contribution in [2.24, 2.45) is 5.73 Å². The molecular weight excluding hydrogens is 547 g/mol. The molecule has 3 aromatic carbocycles. The fraction of sp³-hybridized carbons (Fsp3) is 0.133. The van der Waals surface area contributed by atoms with Gasteiger partial charge >= 0.3 is 0 Å². The topological polar surface area (TPSA) is 124 Å². The average molecular weight is 573 g/mol. The number of benzene rings is 3. The Hall–Kier alpha value is -4.96. The number of aromatic nitrogens is 3. The number of rotatable bonds is 11. The fourth-order valence-corrected chi connectivity index (χ4v) is 4.47. The van der Waals surface area contributed by atoms with Crippen LogP contribution in [-0.2, 0) is 17.9 Å². The normalized spacial score (nSPS) is 10.9. The number of hydrogen-bond donors (Lipinski definition) is 3. The SMILES string of the molecule is NC(=O)CCNC(=O)c1ccc(Cn2ccc3ncnc(Nc4ccc(OCc5cccc(F)c5)c(Cl)c4)c32)cc1. The lowest BCUT2D eigenvalue weighted by Crippen LogP contribution is -2.27. The van der Waals surface area contributed by atoms with Gasteiger partial charge in [-0.1, -0.05) is 35.9 Å². The minimum Gasteiger partial charge on any atom is -0.487 e. The third-order valence-corrected chi connectivity index (χ3v) is 6.55. The third kappa shape index (κ3) is 6.98. The van der Waals surface area contributed by atoms with E-state index >= 15 is 0 Å². The van der Waals surface area contributed by atoms with Crippen molar-refractivity contribution in [3.05, 3.63) is 113 Å². The van der Waals surface area contributed by atoms with Crippen LogP contribution in [0.2, 0.25) is 5.02 Å². The van der Waals surface area contributed by atoms with E-state index in [0.29, 0.717) is 39.9 Å². The molecule has 5 aromatic rings. The Labute approximate surface area is 240 Å². The van der Waals surface area contributed by atoms with Crippen LogP contribution in [0.1, 0.15) is 27.9 Å². The van der Waals surface area contributed by atoms with Gasteiger partial charge in [-0.25, -0.2) is 14.4 Å². The van der Waals surface area contributed by atoms with Crippen LogP contribution in [0.25, 0.3) is 11.0 Å². The maximum atomic E-state index is 13.4. The summed E-state index contributed by atoms with van der Waals surface area (Å²) >= 11 is 6.48. The summed E-state index contributed by atoms with van der Waals surface area (Å²) in [6, 6.07) is 20.6. The predicted molar refractivity (Wildman–Crippen MR) is 155 cm³/mol. The van der Waals surface area contributed by atoms with Gasteiger partial charge in [0.25, 0.3) is 5.91 Å². The van der Waals surface area contributed by atoms with Crippen LogP contribution in [0.4, 0.5) is 15.9 Å². The van der Waals surface area contributed by atoms with E-state index in [4.69, 9.17) is 22.1 Å². The van der Waals surface area contributed by atoms with Gasteiger partial charge in [-0.3, -0.25) is 9.59 Å². The summed E-state index contributed by atoms with van der Waals surface area (Å²) in [5.74, 6) is 0.00534. The lowest BCUT2D eigenvalue weighted by atomic mass is 10.1. The number of hydrogen-bond acceptors (Lipinski definition) is 6. The van der Waals surface area contributed by atoms with E-state index in [1.54, 1.807) is 36.4 Å². The molecule has 2 amide bonds. The van der Waals surface area contributed by atoms with E-state index in [9.17, 15) is 14.0 Å². The van der Waals surface area contributed by atoms with Crippen molar-refractivity contribution in [3.63, 3.8) is 0 Å². The molecule has 0 aliphatic heterocycles. The monoisotopic (exact) mass is 572 g/mol. The molecular formula is C30H26ClFN6O3. The minimum atomic E-state index is -0.468. The summed E-state index contributed by atoms with van der Waals surface area (Å²) < 4.78 is 21.2. The number of carbonyl (C=O) groups excluding carboxylic acids is 2. The number of fused-ring (bicyclic) bond motifs is 1. The summed E-state index contributed by atoms with van der Waals surface area (Å²) in [5, 5.41) is 6.38. The highest BCUT2D eigenvalue weighted by molar-refractivity contribution is 6.32. The number of halogens is 2. The Morgan fingerprint density at radius 1 is 1.00 bits per heavy atom. The summed E-state index contributed by atoms with van der Waals surface area (Å²) in [7, 11) is 0. The molecule has 11 heteroatoms. The number of nitrogens with one attached hydrogen (secondary N) is 2. The van der Waals surface area contributed by atoms with Crippen molar-refractivity contribution < 1.29 is 18.7 Å². The molecule has 0 unspecified atom stereocenters. The first kappa shape index (κ1) is 27.6. The highest BCUT2D eigenvalue weighted by Gasteiger charge is 2.13. The van der Waals surface area contributed by atoms with Crippen LogP contribution in [0, 0.1) is 5.82 Å². The maximum absolute atomic E-state index is 13.4. The van der Waals surface area contributed by atoms with Crippen LogP contribution < -0.4 is 21.1 Å². The first-order chi connectivity index (χ1) is 19.9. The van der Waals surface area contributed by atoms with Gasteiger partial charge in [0.2, 0.25) is 5.91 Å². The maximum Gasteiger partial charge on any atom is 0.251 e. The van der Waals surface area contributed by atoms with Gasteiger partial charge in [0.05, 0.1) is 10.5 Å². The quantitative estimate of drug-likeness (QED) is 0.200. The molecule has 0 radical (unpaired) electrons. The van der Waals surface area contributed by atoms with Crippen molar-refractivity contribution in [3.8, 4) is 5.75 Å². The molecule has 0 spiro atoms. The van der Waals surface area contributed by atoms with Crippen LogP contribution in [0.15, 0.2) is 85.3 Å². The Bertz CT molecular complexity index is 1710. The number of ether oxygens (including phenoxy) is 1. The highest BCUT2D eigenvalue weighted by atomic mass is 35.5. The van der Waals surface area contributed by atoms with Crippen LogP contribution in [0.3, 0.4) is 0 Å². The fourth-order valence-electron chi connectivity index (χ4n) is 4.24. The second-order valence-corrected chi connectivity index (χ2v) is 9.66. The summed E-state index contributed by atoms with van der Waals surface area (Å²) in [6.45, 7) is 0.894. The molecule has 0 atom stereocenters. The van der Waals surface area contributed by atoms with Gasteiger partial charge in [0, 0.05) is 37.0 Å². The van der Waals surface area contributed by atoms with E-state index in [1.165, 1.54) is 18.5 Å². The first-order valence-electron chi connectivity index (χ1n) is 12.7. The molecule has 0 bridgehead atoms. The molecule has 4 N–H and O–H groups in total. The van der Waals surface area contributed by atoms with Gasteiger partial charge in [0.1, 0.15) is 30.0 Å². The number of nitrogens with zero attached hydrogens (tertiary/aromatic N) is 3. The van der Waals surface area contributed by atoms with Gasteiger partial charge in [0.15, 0.2) is 5.82 Å². The smallest absolute Gasteiger partial charge is 0.251 e. The molecule has 0 aliphatic rings. The lowest BCUT2D eigenvalue weighted by molar-refractivity contribution is -0.117. The standard InChI is InChI=1S/C30H26ClFN6O3/c31-24-15-23(8-9-26(24)41-17-20-2-1-3-22(32)14-20)37-29-28-25(35-18-36-29)11-13-38(28)16-19-4-6-21(7-5-19)30(40)34-12-10-27(33)39/h1-9,11,13-15,18H,10,12,16-17H2,(H2,33,39)(H,34,40)(H,35,36,37). The van der Waals surface area contributed by atoms with Crippen LogP contribution in [0.5, 0.6) is 5.75 Å². The number of carbonyl (C=O) groups is 2. The lowest BCUT2D eigenvalue weighted by Gasteiger charge is -2.13. The first-order valence-corrected chi connectivity index (χ1v) is 13.1. The third-order valence-electron chi connectivity index (χ3n) is 6.25. The van der Waals surface area contributed by atoms with Gasteiger partial charge in [-0.2, -0.15) is 0 Å².